The van der Waals surface area contributed by atoms with Gasteiger partial charge in [-0.25, -0.2) is 9.97 Å². The zero-order chi connectivity index (χ0) is 20.4. The first-order valence-electron chi connectivity index (χ1n) is 7.16. The second-order valence-electron chi connectivity index (χ2n) is 5.21. The molecule has 0 aliphatic heterocycles. The predicted molar refractivity (Wildman–Crippen MR) is 84.8 cm³/mol. The minimum Gasteiger partial charge on any atom is -0.382 e. The Bertz CT molecular complexity index is 803. The molecule has 2 heterocycles. The van der Waals surface area contributed by atoms with Crippen LogP contribution in [0.4, 0.5) is 43.0 Å². The van der Waals surface area contributed by atoms with Crippen LogP contribution in [0.2, 0.25) is 0 Å². The number of thiazole rings is 1. The number of alkyl halides is 6. The van der Waals surface area contributed by atoms with Crippen LogP contribution in [-0.2, 0) is 10.9 Å². The fourth-order valence-electron chi connectivity index (χ4n) is 1.70. The number of pyridine rings is 1. The number of nitrogens with two attached hydrogens (primary N) is 1. The van der Waals surface area contributed by atoms with Crippen LogP contribution in [0.1, 0.15) is 22.3 Å². The molecule has 0 aliphatic rings. The summed E-state index contributed by atoms with van der Waals surface area (Å²) in [7, 11) is 0. The third kappa shape index (κ3) is 5.53. The Hall–Kier alpha value is -2.41. The van der Waals surface area contributed by atoms with Crippen molar-refractivity contribution in [1.82, 2.24) is 9.97 Å². The molecular formula is C14H12F6N4O2S. The molecule has 6 nitrogen and oxygen atoms in total. The molecule has 2 rings (SSSR count). The maximum Gasteiger partial charge on any atom is 0.433 e. The lowest BCUT2D eigenvalue weighted by Gasteiger charge is -2.15. The number of halogens is 6. The minimum absolute atomic E-state index is 0.0567. The van der Waals surface area contributed by atoms with Crippen LogP contribution >= 0.6 is 11.3 Å². The van der Waals surface area contributed by atoms with Crippen molar-refractivity contribution in [3.8, 4) is 0 Å². The second kappa shape index (κ2) is 7.68. The van der Waals surface area contributed by atoms with E-state index in [0.717, 1.165) is 36.6 Å². The molecule has 0 saturated carbocycles. The molecule has 148 valence electrons. The monoisotopic (exact) mass is 414 g/mol. The maximum absolute atomic E-state index is 12.5. The van der Waals surface area contributed by atoms with Crippen molar-refractivity contribution < 1.29 is 35.9 Å². The SMILES string of the molecule is CC(OCC(=O)c1sc(Nc2ccc(C(F)(F)F)nc2)nc1N)C(F)(F)F. The van der Waals surface area contributed by atoms with E-state index < -0.39 is 36.5 Å². The summed E-state index contributed by atoms with van der Waals surface area (Å²) in [6.45, 7) is -0.0950. The van der Waals surface area contributed by atoms with E-state index in [1.165, 1.54) is 0 Å². The molecule has 0 aromatic carbocycles. The molecule has 0 spiro atoms. The van der Waals surface area contributed by atoms with Gasteiger partial charge in [-0.2, -0.15) is 26.3 Å². The molecule has 13 heteroatoms. The average molecular weight is 414 g/mol. The molecule has 0 aliphatic carbocycles. The molecule has 2 aromatic rings. The number of aromatic nitrogens is 2. The van der Waals surface area contributed by atoms with Crippen molar-refractivity contribution in [3.63, 3.8) is 0 Å². The van der Waals surface area contributed by atoms with E-state index in [2.05, 4.69) is 20.0 Å². The molecule has 3 N–H and O–H groups in total. The van der Waals surface area contributed by atoms with Gasteiger partial charge in [0.15, 0.2) is 11.2 Å². The molecule has 1 unspecified atom stereocenters. The van der Waals surface area contributed by atoms with Crippen LogP contribution in [0.25, 0.3) is 0 Å². The summed E-state index contributed by atoms with van der Waals surface area (Å²) in [4.78, 5) is 18.9. The van der Waals surface area contributed by atoms with Crippen molar-refractivity contribution in [3.05, 3.63) is 28.9 Å². The molecule has 2 aromatic heterocycles. The first kappa shape index (κ1) is 20.9. The highest BCUT2D eigenvalue weighted by Crippen LogP contribution is 2.31. The quantitative estimate of drug-likeness (QED) is 0.548. The number of Topliss-reactive ketones (excluding diaryl/α,β-unsaturated/α-hetero) is 1. The van der Waals surface area contributed by atoms with Crippen molar-refractivity contribution in [2.24, 2.45) is 0 Å². The van der Waals surface area contributed by atoms with E-state index in [0.29, 0.717) is 0 Å². The number of hydrogen-bond donors (Lipinski definition) is 2. The zero-order valence-corrected chi connectivity index (χ0v) is 14.3. The van der Waals surface area contributed by atoms with Crippen LogP contribution in [0, 0.1) is 0 Å². The molecule has 0 amide bonds. The van der Waals surface area contributed by atoms with E-state index in [1.807, 2.05) is 0 Å². The number of carbonyl (C=O) groups excluding carboxylic acids is 1. The Morgan fingerprint density at radius 1 is 1.30 bits per heavy atom. The third-order valence-electron chi connectivity index (χ3n) is 3.14. The van der Waals surface area contributed by atoms with Gasteiger partial charge in [-0.05, 0) is 19.1 Å². The van der Waals surface area contributed by atoms with Crippen molar-refractivity contribution >= 4 is 33.8 Å². The molecular weight excluding hydrogens is 402 g/mol. The van der Waals surface area contributed by atoms with Gasteiger partial charge in [0.25, 0.3) is 0 Å². The summed E-state index contributed by atoms with van der Waals surface area (Å²) >= 11 is 0.723. The van der Waals surface area contributed by atoms with Gasteiger partial charge in [0.05, 0.1) is 11.9 Å². The van der Waals surface area contributed by atoms with Crippen molar-refractivity contribution in [2.75, 3.05) is 17.7 Å². The lowest BCUT2D eigenvalue weighted by molar-refractivity contribution is -0.210. The number of carbonyl (C=O) groups is 1. The smallest absolute Gasteiger partial charge is 0.382 e. The topological polar surface area (TPSA) is 90.1 Å². The van der Waals surface area contributed by atoms with Gasteiger partial charge in [0.1, 0.15) is 23.0 Å². The number of ether oxygens (including phenoxy) is 1. The highest BCUT2D eigenvalue weighted by Gasteiger charge is 2.37. The van der Waals surface area contributed by atoms with E-state index >= 15 is 0 Å². The van der Waals surface area contributed by atoms with Crippen LogP contribution in [0.3, 0.4) is 0 Å². The normalized spacial score (nSPS) is 13.4. The van der Waals surface area contributed by atoms with Gasteiger partial charge >= 0.3 is 12.4 Å². The highest BCUT2D eigenvalue weighted by molar-refractivity contribution is 7.18. The Morgan fingerprint density at radius 3 is 2.48 bits per heavy atom. The van der Waals surface area contributed by atoms with Gasteiger partial charge in [-0.1, -0.05) is 11.3 Å². The summed E-state index contributed by atoms with van der Waals surface area (Å²) in [5.41, 5.74) is 4.63. The number of nitrogen functional groups attached to an aromatic ring is 1. The van der Waals surface area contributed by atoms with Gasteiger partial charge in [-0.15, -0.1) is 0 Å². The van der Waals surface area contributed by atoms with E-state index in [1.54, 1.807) is 0 Å². The molecule has 0 fully saturated rings. The summed E-state index contributed by atoms with van der Waals surface area (Å²) in [5.74, 6) is -1.05. The van der Waals surface area contributed by atoms with Gasteiger partial charge < -0.3 is 15.8 Å². The average Bonchev–Trinajstić information content (AvgIpc) is 2.91. The summed E-state index contributed by atoms with van der Waals surface area (Å²) in [6.07, 6.45) is -10.4. The fourth-order valence-corrected chi connectivity index (χ4v) is 2.53. The Labute approximate surface area is 152 Å². The molecule has 0 radical (unpaired) electrons. The van der Waals surface area contributed by atoms with Crippen LogP contribution in [-0.4, -0.2) is 34.6 Å². The van der Waals surface area contributed by atoms with Crippen LogP contribution < -0.4 is 11.1 Å². The summed E-state index contributed by atoms with van der Waals surface area (Å²) in [6, 6.07) is 1.85. The fraction of sp³-hybridized carbons (Fsp3) is 0.357. The Kier molecular flexibility index (Phi) is 5.94. The van der Waals surface area contributed by atoms with E-state index in [-0.39, 0.29) is 21.5 Å². The molecule has 1 atom stereocenters. The Balaban J connectivity index is 2.04. The zero-order valence-electron chi connectivity index (χ0n) is 13.5. The van der Waals surface area contributed by atoms with Gasteiger partial charge in [-0.3, -0.25) is 4.79 Å². The maximum atomic E-state index is 12.5. The van der Waals surface area contributed by atoms with E-state index in [9.17, 15) is 31.1 Å². The van der Waals surface area contributed by atoms with E-state index in [4.69, 9.17) is 5.73 Å². The number of hydrogen-bond acceptors (Lipinski definition) is 7. The second-order valence-corrected chi connectivity index (χ2v) is 6.21. The minimum atomic E-state index is -4.61. The van der Waals surface area contributed by atoms with Crippen LogP contribution in [0.15, 0.2) is 18.3 Å². The first-order chi connectivity index (χ1) is 12.4. The highest BCUT2D eigenvalue weighted by atomic mass is 32.1. The predicted octanol–water partition coefficient (Wildman–Crippen LogP) is 4.03. The molecule has 27 heavy (non-hydrogen) atoms. The van der Waals surface area contributed by atoms with Crippen molar-refractivity contribution in [2.45, 2.75) is 25.4 Å². The van der Waals surface area contributed by atoms with Crippen molar-refractivity contribution in [1.29, 1.82) is 0 Å². The van der Waals surface area contributed by atoms with Gasteiger partial charge in [0, 0.05) is 0 Å². The number of rotatable bonds is 6. The number of anilines is 3. The Morgan fingerprint density at radius 2 is 1.96 bits per heavy atom. The standard InChI is InChI=1S/C14H12F6N4O2S/c1-6(13(15,16)17)26-5-8(25)10-11(21)24-12(27-10)23-7-2-3-9(22-4-7)14(18,19)20/h2-4,6H,5,21H2,1H3,(H,23,24). The van der Waals surface area contributed by atoms with Crippen LogP contribution in [0.5, 0.6) is 0 Å². The summed E-state index contributed by atoms with van der Waals surface area (Å²) in [5, 5.41) is 2.67. The molecule has 0 saturated heterocycles. The number of ketones is 1. The van der Waals surface area contributed by atoms with Gasteiger partial charge in [0.2, 0.25) is 5.78 Å². The largest absolute Gasteiger partial charge is 0.433 e. The number of nitrogens with one attached hydrogen (secondary N) is 1. The first-order valence-corrected chi connectivity index (χ1v) is 7.97. The third-order valence-corrected chi connectivity index (χ3v) is 4.16. The lowest BCUT2D eigenvalue weighted by atomic mass is 10.3. The summed E-state index contributed by atoms with van der Waals surface area (Å²) < 4.78 is 79.0. The molecule has 0 bridgehead atoms. The lowest BCUT2D eigenvalue weighted by Crippen LogP contribution is -2.30. The number of nitrogens with zero attached hydrogens (tertiary/aromatic N) is 2.